The van der Waals surface area contributed by atoms with E-state index in [4.69, 9.17) is 0 Å². The zero-order valence-electron chi connectivity index (χ0n) is 25.8. The lowest BCUT2D eigenvalue weighted by Crippen LogP contribution is -1.98. The molecule has 0 saturated heterocycles. The fourth-order valence-corrected chi connectivity index (χ4v) is 7.30. The van der Waals surface area contributed by atoms with Crippen LogP contribution >= 0.6 is 0 Å². The van der Waals surface area contributed by atoms with E-state index in [0.29, 0.717) is 11.1 Å². The van der Waals surface area contributed by atoms with Gasteiger partial charge in [-0.05, 0) is 83.4 Å². The molecule has 0 aliphatic rings. The van der Waals surface area contributed by atoms with Gasteiger partial charge in [-0.3, -0.25) is 0 Å². The van der Waals surface area contributed by atoms with Crippen LogP contribution < -0.4 is 0 Å². The SMILES string of the molecule is N#Cc1ccc(-n2c3ccccc3c3c(C#N)cccc32)c(-c2cccc(-c3cccc(-n4c5ccccc5c5ccccc54)c3)c2)c1. The summed E-state index contributed by atoms with van der Waals surface area (Å²) in [5.41, 5.74) is 11.7. The van der Waals surface area contributed by atoms with Crippen molar-refractivity contribution in [3.05, 3.63) is 169 Å². The van der Waals surface area contributed by atoms with E-state index in [9.17, 15) is 10.5 Å². The lowest BCUT2D eigenvalue weighted by molar-refractivity contribution is 1.18. The van der Waals surface area contributed by atoms with Gasteiger partial charge in [0.15, 0.2) is 0 Å². The van der Waals surface area contributed by atoms with Crippen molar-refractivity contribution < 1.29 is 0 Å². The number of hydrogen-bond donors (Lipinski definition) is 0. The third kappa shape index (κ3) is 4.14. The standard InChI is InChI=1S/C44H26N4/c45-27-29-22-23-42(48-41-20-6-3-17-37(41)44-33(28-46)13-9-21-43(44)48)38(24-29)32-12-7-10-30(25-32)31-11-8-14-34(26-31)47-39-18-4-1-15-35(39)36-16-2-5-19-40(36)47/h1-26H. The number of para-hydroxylation sites is 3. The lowest BCUT2D eigenvalue weighted by Gasteiger charge is -2.16. The molecule has 48 heavy (non-hydrogen) atoms. The Balaban J connectivity index is 1.23. The molecular formula is C44H26N4. The number of benzene rings is 7. The number of fused-ring (bicyclic) bond motifs is 6. The minimum atomic E-state index is 0.589. The summed E-state index contributed by atoms with van der Waals surface area (Å²) >= 11 is 0. The van der Waals surface area contributed by atoms with Crippen molar-refractivity contribution in [3.63, 3.8) is 0 Å². The topological polar surface area (TPSA) is 57.4 Å². The maximum absolute atomic E-state index is 10.0. The molecule has 0 radical (unpaired) electrons. The predicted octanol–water partition coefficient (Wildman–Crippen LogP) is 11.0. The summed E-state index contributed by atoms with van der Waals surface area (Å²) in [7, 11) is 0. The zero-order valence-corrected chi connectivity index (χ0v) is 25.8. The van der Waals surface area contributed by atoms with E-state index in [1.54, 1.807) is 0 Å². The monoisotopic (exact) mass is 610 g/mol. The smallest absolute Gasteiger partial charge is 0.0998 e. The van der Waals surface area contributed by atoms with E-state index in [1.807, 2.05) is 42.5 Å². The quantitative estimate of drug-likeness (QED) is 0.199. The maximum atomic E-state index is 10.0. The fraction of sp³-hybridized carbons (Fsp3) is 0. The van der Waals surface area contributed by atoms with Crippen molar-refractivity contribution >= 4 is 43.6 Å². The second-order valence-corrected chi connectivity index (χ2v) is 12.0. The molecule has 7 aromatic carbocycles. The second kappa shape index (κ2) is 10.9. The molecule has 2 heterocycles. The molecule has 0 atom stereocenters. The maximum Gasteiger partial charge on any atom is 0.0998 e. The van der Waals surface area contributed by atoms with Crippen LogP contribution in [-0.2, 0) is 0 Å². The van der Waals surface area contributed by atoms with E-state index in [-0.39, 0.29) is 0 Å². The van der Waals surface area contributed by atoms with E-state index < -0.39 is 0 Å². The molecule has 0 aliphatic carbocycles. The van der Waals surface area contributed by atoms with Gasteiger partial charge in [-0.2, -0.15) is 10.5 Å². The molecule has 4 heteroatoms. The normalized spacial score (nSPS) is 11.3. The third-order valence-corrected chi connectivity index (χ3v) is 9.38. The van der Waals surface area contributed by atoms with Gasteiger partial charge in [-0.15, -0.1) is 0 Å². The molecule has 0 N–H and O–H groups in total. The Bertz CT molecular complexity index is 2760. The summed E-state index contributed by atoms with van der Waals surface area (Å²) in [6.45, 7) is 0. The van der Waals surface area contributed by atoms with Crippen molar-refractivity contribution in [1.29, 1.82) is 10.5 Å². The van der Waals surface area contributed by atoms with Gasteiger partial charge in [-0.25, -0.2) is 0 Å². The molecular weight excluding hydrogens is 585 g/mol. The van der Waals surface area contributed by atoms with Crippen molar-refractivity contribution in [3.8, 4) is 45.8 Å². The Kier molecular flexibility index (Phi) is 6.22. The van der Waals surface area contributed by atoms with E-state index >= 15 is 0 Å². The number of aromatic nitrogens is 2. The van der Waals surface area contributed by atoms with Crippen LogP contribution in [0.1, 0.15) is 11.1 Å². The molecule has 0 bridgehead atoms. The van der Waals surface area contributed by atoms with Crippen LogP contribution in [0.15, 0.2) is 158 Å². The van der Waals surface area contributed by atoms with Crippen LogP contribution in [0.5, 0.6) is 0 Å². The van der Waals surface area contributed by atoms with Gasteiger partial charge in [0.2, 0.25) is 0 Å². The Morgan fingerprint density at radius 2 is 1.00 bits per heavy atom. The van der Waals surface area contributed by atoms with Crippen LogP contribution in [-0.4, -0.2) is 9.13 Å². The third-order valence-electron chi connectivity index (χ3n) is 9.38. The van der Waals surface area contributed by atoms with E-state index in [2.05, 4.69) is 137 Å². The van der Waals surface area contributed by atoms with Crippen LogP contribution in [0.3, 0.4) is 0 Å². The summed E-state index contributed by atoms with van der Waals surface area (Å²) in [5, 5.41) is 24.4. The number of nitriles is 2. The number of nitrogens with zero attached hydrogens (tertiary/aromatic N) is 4. The van der Waals surface area contributed by atoms with Gasteiger partial charge in [0, 0.05) is 32.8 Å². The van der Waals surface area contributed by atoms with Crippen molar-refractivity contribution in [2.75, 3.05) is 0 Å². The summed E-state index contributed by atoms with van der Waals surface area (Å²) in [6.07, 6.45) is 0. The molecule has 9 rings (SSSR count). The highest BCUT2D eigenvalue weighted by Crippen LogP contribution is 2.39. The van der Waals surface area contributed by atoms with Crippen molar-refractivity contribution in [1.82, 2.24) is 9.13 Å². The number of rotatable bonds is 4. The molecule has 2 aromatic heterocycles. The zero-order chi connectivity index (χ0) is 32.2. The largest absolute Gasteiger partial charge is 0.309 e. The van der Waals surface area contributed by atoms with Crippen LogP contribution in [0, 0.1) is 22.7 Å². The Morgan fingerprint density at radius 1 is 0.417 bits per heavy atom. The number of hydrogen-bond acceptors (Lipinski definition) is 2. The fourth-order valence-electron chi connectivity index (χ4n) is 7.30. The molecule has 0 amide bonds. The molecule has 0 fully saturated rings. The molecule has 0 spiro atoms. The first kappa shape index (κ1) is 27.4. The highest BCUT2D eigenvalue weighted by molar-refractivity contribution is 6.12. The molecule has 4 nitrogen and oxygen atoms in total. The lowest BCUT2D eigenvalue weighted by atomic mass is 9.96. The first-order valence-electron chi connectivity index (χ1n) is 15.9. The minimum absolute atomic E-state index is 0.589. The average Bonchev–Trinajstić information content (AvgIpc) is 3.68. The Labute approximate surface area is 277 Å². The van der Waals surface area contributed by atoms with Gasteiger partial charge < -0.3 is 9.13 Å². The van der Waals surface area contributed by atoms with Crippen LogP contribution in [0.25, 0.3) is 77.2 Å². The highest BCUT2D eigenvalue weighted by atomic mass is 15.0. The molecule has 9 aromatic rings. The van der Waals surface area contributed by atoms with Crippen molar-refractivity contribution in [2.24, 2.45) is 0 Å². The van der Waals surface area contributed by atoms with E-state index in [0.717, 1.165) is 55.4 Å². The van der Waals surface area contributed by atoms with E-state index in [1.165, 1.54) is 21.8 Å². The Hall–Kier alpha value is -6.88. The molecule has 0 saturated carbocycles. The second-order valence-electron chi connectivity index (χ2n) is 12.0. The first-order valence-corrected chi connectivity index (χ1v) is 15.9. The average molecular weight is 611 g/mol. The summed E-state index contributed by atoms with van der Waals surface area (Å²) in [5.74, 6) is 0. The van der Waals surface area contributed by atoms with Gasteiger partial charge in [-0.1, -0.05) is 91.0 Å². The summed E-state index contributed by atoms with van der Waals surface area (Å²) < 4.78 is 4.56. The molecule has 222 valence electrons. The highest BCUT2D eigenvalue weighted by Gasteiger charge is 2.19. The van der Waals surface area contributed by atoms with Gasteiger partial charge in [0.25, 0.3) is 0 Å². The van der Waals surface area contributed by atoms with Crippen LogP contribution in [0.4, 0.5) is 0 Å². The summed E-state index contributed by atoms with van der Waals surface area (Å²) in [4.78, 5) is 0. The summed E-state index contributed by atoms with van der Waals surface area (Å²) in [6, 6.07) is 59.0. The first-order chi connectivity index (χ1) is 23.7. The van der Waals surface area contributed by atoms with Gasteiger partial charge >= 0.3 is 0 Å². The Morgan fingerprint density at radius 3 is 1.71 bits per heavy atom. The van der Waals surface area contributed by atoms with Gasteiger partial charge in [0.05, 0.1) is 51.0 Å². The minimum Gasteiger partial charge on any atom is -0.309 e. The molecule has 0 aliphatic heterocycles. The van der Waals surface area contributed by atoms with Crippen LogP contribution in [0.2, 0.25) is 0 Å². The van der Waals surface area contributed by atoms with Crippen molar-refractivity contribution in [2.45, 2.75) is 0 Å². The molecule has 0 unspecified atom stereocenters. The predicted molar refractivity (Wildman–Crippen MR) is 195 cm³/mol. The van der Waals surface area contributed by atoms with Gasteiger partial charge in [0.1, 0.15) is 0 Å².